The van der Waals surface area contributed by atoms with Crippen molar-refractivity contribution in [1.82, 2.24) is 20.4 Å². The van der Waals surface area contributed by atoms with E-state index in [9.17, 15) is 14.4 Å². The van der Waals surface area contributed by atoms with E-state index in [0.717, 1.165) is 12.8 Å². The predicted molar refractivity (Wildman–Crippen MR) is 85.1 cm³/mol. The van der Waals surface area contributed by atoms with Gasteiger partial charge in [-0.05, 0) is 18.9 Å². The van der Waals surface area contributed by atoms with Crippen molar-refractivity contribution in [2.45, 2.75) is 25.8 Å². The first-order valence-electron chi connectivity index (χ1n) is 7.60. The molecule has 0 aliphatic carbocycles. The van der Waals surface area contributed by atoms with Gasteiger partial charge in [0, 0.05) is 31.4 Å². The molecule has 1 atom stereocenters. The van der Waals surface area contributed by atoms with Gasteiger partial charge in [-0.3, -0.25) is 14.4 Å². The van der Waals surface area contributed by atoms with E-state index in [-0.39, 0.29) is 29.1 Å². The topological polar surface area (TPSA) is 95.2 Å². The first kappa shape index (κ1) is 15.2. The van der Waals surface area contributed by atoms with Crippen LogP contribution in [0.25, 0.3) is 10.8 Å². The number of nitrogens with zero attached hydrogens (tertiary/aromatic N) is 2. The molecule has 1 unspecified atom stereocenters. The van der Waals surface area contributed by atoms with Crippen molar-refractivity contribution in [3.05, 3.63) is 40.3 Å². The second kappa shape index (κ2) is 6.20. The summed E-state index contributed by atoms with van der Waals surface area (Å²) >= 11 is 0. The van der Waals surface area contributed by atoms with E-state index < -0.39 is 0 Å². The lowest BCUT2D eigenvalue weighted by Gasteiger charge is -2.32. The molecule has 3 rings (SSSR count). The van der Waals surface area contributed by atoms with Crippen molar-refractivity contribution in [2.24, 2.45) is 0 Å². The Morgan fingerprint density at radius 3 is 2.78 bits per heavy atom. The Labute approximate surface area is 132 Å². The Kier molecular flexibility index (Phi) is 4.10. The van der Waals surface area contributed by atoms with Gasteiger partial charge in [-0.25, -0.2) is 5.10 Å². The van der Waals surface area contributed by atoms with Gasteiger partial charge < -0.3 is 10.2 Å². The van der Waals surface area contributed by atoms with Crippen molar-refractivity contribution in [1.29, 1.82) is 0 Å². The third-order valence-electron chi connectivity index (χ3n) is 4.01. The van der Waals surface area contributed by atoms with E-state index in [2.05, 4.69) is 15.5 Å². The molecule has 1 saturated heterocycles. The number of amides is 2. The lowest BCUT2D eigenvalue weighted by atomic mass is 10.0. The van der Waals surface area contributed by atoms with Gasteiger partial charge in [0.25, 0.3) is 11.5 Å². The normalized spacial score (nSPS) is 18.0. The third-order valence-corrected chi connectivity index (χ3v) is 4.01. The van der Waals surface area contributed by atoms with Gasteiger partial charge in [-0.1, -0.05) is 18.2 Å². The molecule has 0 radical (unpaired) electrons. The monoisotopic (exact) mass is 314 g/mol. The maximum Gasteiger partial charge on any atom is 0.275 e. The summed E-state index contributed by atoms with van der Waals surface area (Å²) in [5.41, 5.74) is -0.0735. The van der Waals surface area contributed by atoms with Crippen LogP contribution >= 0.6 is 0 Å². The number of carbonyl (C=O) groups excluding carboxylic acids is 2. The summed E-state index contributed by atoms with van der Waals surface area (Å²) < 4.78 is 0. The highest BCUT2D eigenvalue weighted by Crippen LogP contribution is 2.17. The molecular weight excluding hydrogens is 296 g/mol. The average Bonchev–Trinajstić information content (AvgIpc) is 2.54. The number of piperidine rings is 1. The number of aromatic nitrogens is 2. The zero-order valence-electron chi connectivity index (χ0n) is 12.8. The molecule has 1 fully saturated rings. The van der Waals surface area contributed by atoms with Crippen LogP contribution in [0.4, 0.5) is 0 Å². The minimum Gasteiger partial charge on any atom is -0.352 e. The number of benzene rings is 1. The first-order valence-corrected chi connectivity index (χ1v) is 7.60. The van der Waals surface area contributed by atoms with Crippen LogP contribution in [0.15, 0.2) is 29.1 Å². The molecule has 120 valence electrons. The van der Waals surface area contributed by atoms with Gasteiger partial charge in [0.15, 0.2) is 5.69 Å². The fourth-order valence-corrected chi connectivity index (χ4v) is 2.99. The fraction of sp³-hybridized carbons (Fsp3) is 0.375. The summed E-state index contributed by atoms with van der Waals surface area (Å²) in [6.07, 6.45) is 1.67. The molecule has 1 aliphatic heterocycles. The van der Waals surface area contributed by atoms with E-state index in [1.807, 2.05) is 0 Å². The lowest BCUT2D eigenvalue weighted by molar-refractivity contribution is -0.120. The SMILES string of the molecule is CC(=O)NC1CCCN(C(=O)c2n[nH]c(=O)c3ccccc23)C1. The highest BCUT2D eigenvalue weighted by molar-refractivity contribution is 6.04. The summed E-state index contributed by atoms with van der Waals surface area (Å²) in [4.78, 5) is 37.5. The molecule has 0 bridgehead atoms. The number of fused-ring (bicyclic) bond motifs is 1. The second-order valence-corrected chi connectivity index (χ2v) is 5.74. The van der Waals surface area contributed by atoms with E-state index >= 15 is 0 Å². The molecule has 7 heteroatoms. The Hall–Kier alpha value is -2.70. The van der Waals surface area contributed by atoms with Gasteiger partial charge >= 0.3 is 0 Å². The molecule has 0 saturated carbocycles. The quantitative estimate of drug-likeness (QED) is 0.851. The van der Waals surface area contributed by atoms with Gasteiger partial charge in [0.2, 0.25) is 5.91 Å². The van der Waals surface area contributed by atoms with Crippen LogP contribution in [0.1, 0.15) is 30.3 Å². The van der Waals surface area contributed by atoms with E-state index in [4.69, 9.17) is 0 Å². The molecule has 2 heterocycles. The second-order valence-electron chi connectivity index (χ2n) is 5.74. The summed E-state index contributed by atoms with van der Waals surface area (Å²) in [6.45, 7) is 2.54. The number of rotatable bonds is 2. The Morgan fingerprint density at radius 1 is 1.30 bits per heavy atom. The maximum atomic E-state index is 12.8. The van der Waals surface area contributed by atoms with Crippen molar-refractivity contribution in [3.8, 4) is 0 Å². The fourth-order valence-electron chi connectivity index (χ4n) is 2.99. The van der Waals surface area contributed by atoms with Crippen LogP contribution in [0, 0.1) is 0 Å². The number of nitrogens with one attached hydrogen (secondary N) is 2. The van der Waals surface area contributed by atoms with E-state index in [0.29, 0.717) is 23.9 Å². The van der Waals surface area contributed by atoms with E-state index in [1.165, 1.54) is 6.92 Å². The number of likely N-dealkylation sites (tertiary alicyclic amines) is 1. The summed E-state index contributed by atoms with van der Waals surface area (Å²) in [5.74, 6) is -0.329. The molecule has 7 nitrogen and oxygen atoms in total. The minimum atomic E-state index is -0.313. The Morgan fingerprint density at radius 2 is 2.04 bits per heavy atom. The number of hydrogen-bond acceptors (Lipinski definition) is 4. The average molecular weight is 314 g/mol. The molecule has 1 aliphatic rings. The van der Waals surface area contributed by atoms with Gasteiger partial charge in [-0.2, -0.15) is 5.10 Å². The van der Waals surface area contributed by atoms with Crippen molar-refractivity contribution in [2.75, 3.05) is 13.1 Å². The zero-order chi connectivity index (χ0) is 16.4. The van der Waals surface area contributed by atoms with Crippen LogP contribution in [0.2, 0.25) is 0 Å². The molecular formula is C16H18N4O3. The third kappa shape index (κ3) is 3.08. The number of hydrogen-bond donors (Lipinski definition) is 2. The Bertz CT molecular complexity index is 814. The highest BCUT2D eigenvalue weighted by atomic mass is 16.2. The smallest absolute Gasteiger partial charge is 0.275 e. The molecule has 1 aromatic heterocycles. The van der Waals surface area contributed by atoms with Crippen LogP contribution in [-0.2, 0) is 4.79 Å². The summed E-state index contributed by atoms with van der Waals surface area (Å²) in [7, 11) is 0. The predicted octanol–water partition coefficient (Wildman–Crippen LogP) is 0.664. The molecule has 2 aromatic rings. The van der Waals surface area contributed by atoms with Crippen molar-refractivity contribution < 1.29 is 9.59 Å². The van der Waals surface area contributed by atoms with Crippen molar-refractivity contribution in [3.63, 3.8) is 0 Å². The zero-order valence-corrected chi connectivity index (χ0v) is 12.8. The van der Waals surface area contributed by atoms with Gasteiger partial charge in [-0.15, -0.1) is 0 Å². The standard InChI is InChI=1S/C16H18N4O3/c1-10(21)17-11-5-4-8-20(9-11)16(23)14-12-6-2-3-7-13(12)15(22)19-18-14/h2-3,6-7,11H,4-5,8-9H2,1H3,(H,17,21)(H,19,22). The Balaban J connectivity index is 1.90. The first-order chi connectivity index (χ1) is 11.1. The van der Waals surface area contributed by atoms with Crippen LogP contribution in [0.5, 0.6) is 0 Å². The van der Waals surface area contributed by atoms with Crippen molar-refractivity contribution >= 4 is 22.6 Å². The maximum absolute atomic E-state index is 12.8. The molecule has 2 N–H and O–H groups in total. The summed E-state index contributed by atoms with van der Waals surface area (Å²) in [6, 6.07) is 6.87. The number of H-pyrrole nitrogens is 1. The van der Waals surface area contributed by atoms with Gasteiger partial charge in [0.1, 0.15) is 0 Å². The highest BCUT2D eigenvalue weighted by Gasteiger charge is 2.27. The largest absolute Gasteiger partial charge is 0.352 e. The minimum absolute atomic E-state index is 0.0424. The lowest BCUT2D eigenvalue weighted by Crippen LogP contribution is -2.49. The summed E-state index contributed by atoms with van der Waals surface area (Å²) in [5, 5.41) is 10.2. The van der Waals surface area contributed by atoms with E-state index in [1.54, 1.807) is 29.2 Å². The van der Waals surface area contributed by atoms with Crippen LogP contribution < -0.4 is 10.9 Å². The molecule has 0 spiro atoms. The molecule has 23 heavy (non-hydrogen) atoms. The molecule has 1 aromatic carbocycles. The molecule has 2 amide bonds. The van der Waals surface area contributed by atoms with Crippen LogP contribution in [0.3, 0.4) is 0 Å². The number of aromatic amines is 1. The van der Waals surface area contributed by atoms with Gasteiger partial charge in [0.05, 0.1) is 5.39 Å². The van der Waals surface area contributed by atoms with Crippen LogP contribution in [-0.4, -0.2) is 46.0 Å². The number of carbonyl (C=O) groups is 2.